The van der Waals surface area contributed by atoms with Crippen LogP contribution in [0.3, 0.4) is 0 Å². The van der Waals surface area contributed by atoms with Crippen molar-refractivity contribution < 1.29 is 4.43 Å². The summed E-state index contributed by atoms with van der Waals surface area (Å²) in [5.74, 6) is 0. The van der Waals surface area contributed by atoms with Crippen molar-refractivity contribution in [2.45, 2.75) is 78.6 Å². The normalized spacial score (nSPS) is 24.8. The fourth-order valence-electron chi connectivity index (χ4n) is 2.55. The number of hydrogen-bond acceptors (Lipinski definition) is 1. The van der Waals surface area contributed by atoms with Crippen molar-refractivity contribution in [3.05, 3.63) is 11.1 Å². The minimum atomic E-state index is -1.67. The molecule has 1 atom stereocenters. The molecule has 0 saturated heterocycles. The zero-order valence-corrected chi connectivity index (χ0v) is 16.6. The average Bonchev–Trinajstić information content (AvgIpc) is 2.21. The van der Waals surface area contributed by atoms with Gasteiger partial charge >= 0.3 is 0 Å². The maximum absolute atomic E-state index is 6.64. The third-order valence-corrected chi connectivity index (χ3v) is 10.2. The van der Waals surface area contributed by atoms with E-state index in [1.165, 1.54) is 18.4 Å². The lowest BCUT2D eigenvalue weighted by atomic mass is 9.72. The maximum Gasteiger partial charge on any atom is 0.192 e. The first-order valence-corrected chi connectivity index (χ1v) is 11.4. The van der Waals surface area contributed by atoms with Gasteiger partial charge in [0.25, 0.3) is 0 Å². The van der Waals surface area contributed by atoms with Gasteiger partial charge in [-0.05, 0) is 48.9 Å². The molecule has 0 aromatic heterocycles. The highest BCUT2D eigenvalue weighted by molar-refractivity contribution is 9.09. The van der Waals surface area contributed by atoms with E-state index >= 15 is 0 Å². The average molecular weight is 347 g/mol. The van der Waals surface area contributed by atoms with E-state index in [-0.39, 0.29) is 5.04 Å². The summed E-state index contributed by atoms with van der Waals surface area (Å²) in [5, 5.41) is 1.26. The van der Waals surface area contributed by atoms with E-state index < -0.39 is 8.32 Å². The van der Waals surface area contributed by atoms with E-state index in [4.69, 9.17) is 4.43 Å². The summed E-state index contributed by atoms with van der Waals surface area (Å²) >= 11 is 3.67. The van der Waals surface area contributed by atoms with Crippen LogP contribution in [-0.4, -0.2) is 19.8 Å². The van der Waals surface area contributed by atoms with Gasteiger partial charge in [-0.3, -0.25) is 0 Å². The van der Waals surface area contributed by atoms with Gasteiger partial charge in [-0.15, -0.1) is 0 Å². The zero-order chi connectivity index (χ0) is 15.1. The molecule has 0 heterocycles. The lowest BCUT2D eigenvalue weighted by Gasteiger charge is -2.44. The van der Waals surface area contributed by atoms with E-state index in [1.54, 1.807) is 5.57 Å². The highest BCUT2D eigenvalue weighted by atomic mass is 79.9. The van der Waals surface area contributed by atoms with Gasteiger partial charge in [0.2, 0.25) is 0 Å². The minimum Gasteiger partial charge on any atom is -0.410 e. The first-order valence-electron chi connectivity index (χ1n) is 7.36. The predicted octanol–water partition coefficient (Wildman–Crippen LogP) is 5.91. The molecule has 0 saturated carbocycles. The molecular weight excluding hydrogens is 316 g/mol. The van der Waals surface area contributed by atoms with Crippen molar-refractivity contribution in [2.24, 2.45) is 5.41 Å². The Labute approximate surface area is 129 Å². The summed E-state index contributed by atoms with van der Waals surface area (Å²) in [6.45, 7) is 18.6. The number of alkyl halides is 1. The van der Waals surface area contributed by atoms with Crippen LogP contribution in [0.4, 0.5) is 0 Å². The van der Waals surface area contributed by atoms with E-state index in [1.807, 2.05) is 0 Å². The molecule has 1 rings (SSSR count). The van der Waals surface area contributed by atoms with Crippen LogP contribution in [0.25, 0.3) is 0 Å². The van der Waals surface area contributed by atoms with Crippen molar-refractivity contribution in [2.75, 3.05) is 5.33 Å². The monoisotopic (exact) mass is 346 g/mol. The summed E-state index contributed by atoms with van der Waals surface area (Å²) in [4.78, 5) is 0. The fraction of sp³-hybridized carbons (Fsp3) is 0.875. The van der Waals surface area contributed by atoms with Gasteiger partial charge in [0.1, 0.15) is 0 Å². The Morgan fingerprint density at radius 3 is 2.26 bits per heavy atom. The number of rotatable bonds is 3. The fourth-order valence-corrected chi connectivity index (χ4v) is 5.11. The van der Waals surface area contributed by atoms with Gasteiger partial charge in [0.15, 0.2) is 8.32 Å². The van der Waals surface area contributed by atoms with Gasteiger partial charge in [-0.2, -0.15) is 0 Å². The molecule has 0 amide bonds. The molecule has 1 nitrogen and oxygen atoms in total. The van der Waals surface area contributed by atoms with Crippen molar-refractivity contribution in [1.29, 1.82) is 0 Å². The molecular formula is C16H31BrOSi. The van der Waals surface area contributed by atoms with Crippen LogP contribution in [0.1, 0.15) is 54.4 Å². The quantitative estimate of drug-likeness (QED) is 0.350. The predicted molar refractivity (Wildman–Crippen MR) is 91.6 cm³/mol. The first kappa shape index (κ1) is 17.4. The van der Waals surface area contributed by atoms with Crippen LogP contribution in [-0.2, 0) is 4.43 Å². The second kappa shape index (κ2) is 5.65. The Hall–Kier alpha value is 0.397. The second-order valence-electron chi connectivity index (χ2n) is 8.08. The molecule has 0 bridgehead atoms. The lowest BCUT2D eigenvalue weighted by Crippen LogP contribution is -2.45. The molecule has 0 aromatic rings. The number of hydrogen-bond donors (Lipinski definition) is 0. The van der Waals surface area contributed by atoms with Gasteiger partial charge in [0, 0.05) is 5.33 Å². The van der Waals surface area contributed by atoms with E-state index in [0.29, 0.717) is 11.5 Å². The number of halogens is 1. The Balaban J connectivity index is 2.99. The molecule has 3 heteroatoms. The maximum atomic E-state index is 6.64. The van der Waals surface area contributed by atoms with Crippen LogP contribution < -0.4 is 0 Å². The topological polar surface area (TPSA) is 9.23 Å². The summed E-state index contributed by atoms with van der Waals surface area (Å²) in [5.41, 5.74) is 3.33. The SMILES string of the molecule is CC1=C(CBr)C(C)(C)CCC1O[Si](C)(C)C(C)(C)C. The number of allylic oxidation sites excluding steroid dienone is 1. The van der Waals surface area contributed by atoms with Crippen LogP contribution in [0, 0.1) is 5.41 Å². The molecule has 1 aliphatic rings. The highest BCUT2D eigenvalue weighted by Crippen LogP contribution is 2.45. The molecule has 0 aliphatic heterocycles. The van der Waals surface area contributed by atoms with Crippen molar-refractivity contribution in [3.63, 3.8) is 0 Å². The Morgan fingerprint density at radius 1 is 1.32 bits per heavy atom. The minimum absolute atomic E-state index is 0.287. The lowest BCUT2D eigenvalue weighted by molar-refractivity contribution is 0.166. The third-order valence-electron chi connectivity index (χ3n) is 5.18. The Bertz CT molecular complexity index is 363. The van der Waals surface area contributed by atoms with Crippen LogP contribution in [0.5, 0.6) is 0 Å². The third kappa shape index (κ3) is 3.73. The summed E-state index contributed by atoms with van der Waals surface area (Å²) in [6.07, 6.45) is 2.73. The zero-order valence-electron chi connectivity index (χ0n) is 14.0. The van der Waals surface area contributed by atoms with Crippen LogP contribution >= 0.6 is 15.9 Å². The highest BCUT2D eigenvalue weighted by Gasteiger charge is 2.41. The Morgan fingerprint density at radius 2 is 1.84 bits per heavy atom. The largest absolute Gasteiger partial charge is 0.410 e. The van der Waals surface area contributed by atoms with Gasteiger partial charge in [-0.1, -0.05) is 56.1 Å². The second-order valence-corrected chi connectivity index (χ2v) is 13.4. The van der Waals surface area contributed by atoms with Gasteiger partial charge < -0.3 is 4.43 Å². The van der Waals surface area contributed by atoms with Crippen molar-refractivity contribution in [3.8, 4) is 0 Å². The summed E-state index contributed by atoms with van der Waals surface area (Å²) in [6, 6.07) is 0. The van der Waals surface area contributed by atoms with Crippen molar-refractivity contribution >= 4 is 24.2 Å². The molecule has 112 valence electrons. The molecule has 0 spiro atoms. The van der Waals surface area contributed by atoms with Gasteiger partial charge in [0.05, 0.1) is 6.10 Å². The van der Waals surface area contributed by atoms with E-state index in [2.05, 4.69) is 70.6 Å². The molecule has 0 fully saturated rings. The molecule has 1 unspecified atom stereocenters. The van der Waals surface area contributed by atoms with Gasteiger partial charge in [-0.25, -0.2) is 0 Å². The van der Waals surface area contributed by atoms with E-state index in [9.17, 15) is 0 Å². The summed E-state index contributed by atoms with van der Waals surface area (Å²) in [7, 11) is -1.67. The van der Waals surface area contributed by atoms with Crippen LogP contribution in [0.15, 0.2) is 11.1 Å². The molecule has 0 aromatic carbocycles. The molecule has 19 heavy (non-hydrogen) atoms. The standard InChI is InChI=1S/C16H31BrOSi/c1-12-13(11-17)16(5,6)10-9-14(12)18-19(7,8)15(2,3)4/h14H,9-11H2,1-8H3. The Kier molecular flexibility index (Phi) is 5.19. The molecule has 0 N–H and O–H groups in total. The van der Waals surface area contributed by atoms with Crippen LogP contribution in [0.2, 0.25) is 18.1 Å². The molecule has 0 radical (unpaired) electrons. The summed E-state index contributed by atoms with van der Waals surface area (Å²) < 4.78 is 6.64. The van der Waals surface area contributed by atoms with Crippen molar-refractivity contribution in [1.82, 2.24) is 0 Å². The molecule has 1 aliphatic carbocycles. The first-order chi connectivity index (χ1) is 8.42. The van der Waals surface area contributed by atoms with E-state index in [0.717, 1.165) is 5.33 Å². The smallest absolute Gasteiger partial charge is 0.192 e.